The van der Waals surface area contributed by atoms with Crippen molar-refractivity contribution >= 4 is 17.6 Å². The van der Waals surface area contributed by atoms with Crippen molar-refractivity contribution in [3.63, 3.8) is 0 Å². The molecule has 0 fully saturated rings. The van der Waals surface area contributed by atoms with Crippen molar-refractivity contribution in [2.75, 3.05) is 0 Å². The highest BCUT2D eigenvalue weighted by atomic mass is 28.5. The van der Waals surface area contributed by atoms with E-state index in [4.69, 9.17) is 28.8 Å². The Morgan fingerprint density at radius 1 is 0.636 bits per heavy atom. The fourth-order valence-corrected chi connectivity index (χ4v) is 2.86. The van der Waals surface area contributed by atoms with E-state index >= 15 is 0 Å². The summed E-state index contributed by atoms with van der Waals surface area (Å²) in [6, 6.07) is 0. The summed E-state index contributed by atoms with van der Waals surface area (Å²) in [6.45, 7) is 0. The van der Waals surface area contributed by atoms with Crippen LogP contribution in [0.3, 0.4) is 0 Å². The van der Waals surface area contributed by atoms with E-state index in [9.17, 15) is 0 Å². The highest BCUT2D eigenvalue weighted by Crippen LogP contribution is 2.03. The van der Waals surface area contributed by atoms with Crippen LogP contribution in [0.1, 0.15) is 14.9 Å². The molecule has 72 valence electrons. The molecule has 0 spiro atoms. The zero-order valence-corrected chi connectivity index (χ0v) is 6.39. The smallest absolute Gasteiger partial charge is 0.390 e. The van der Waals surface area contributed by atoms with Gasteiger partial charge in [-0.2, -0.15) is 0 Å². The van der Waals surface area contributed by atoms with Gasteiger partial charge in [-0.3, -0.25) is 0 Å². The van der Waals surface area contributed by atoms with E-state index in [1.54, 1.807) is 0 Å². The van der Waals surface area contributed by atoms with E-state index in [-0.39, 0.29) is 14.9 Å². The zero-order chi connectivity index (χ0) is 7.71. The summed E-state index contributed by atoms with van der Waals surface area (Å²) in [5.74, 6) is 0. The van der Waals surface area contributed by atoms with Gasteiger partial charge >= 0.3 is 17.6 Å². The standard InChI is InChI=1S/CH8O6Si2.2CH4/c2-8(3,4)1-9(5,6)7;;/h2-7H,1H2;2*1H4. The fraction of sp³-hybridized carbons (Fsp3) is 1.00. The first kappa shape index (κ1) is 17.3. The topological polar surface area (TPSA) is 121 Å². The van der Waals surface area contributed by atoms with Crippen molar-refractivity contribution in [2.45, 2.75) is 20.5 Å². The lowest BCUT2D eigenvalue weighted by atomic mass is 11.9. The molecule has 0 amide bonds. The van der Waals surface area contributed by atoms with Gasteiger partial charge in [-0.15, -0.1) is 0 Å². The Morgan fingerprint density at radius 3 is 0.818 bits per heavy atom. The monoisotopic (exact) mass is 204 g/mol. The van der Waals surface area contributed by atoms with Crippen LogP contribution < -0.4 is 0 Å². The van der Waals surface area contributed by atoms with Crippen molar-refractivity contribution in [1.82, 2.24) is 0 Å². The quantitative estimate of drug-likeness (QED) is 0.280. The Morgan fingerprint density at radius 2 is 0.818 bits per heavy atom. The molecule has 0 aliphatic rings. The van der Waals surface area contributed by atoms with Gasteiger partial charge in [-0.05, 0) is 0 Å². The molecule has 0 aromatic rings. The number of hydrogen-bond acceptors (Lipinski definition) is 6. The Kier molecular flexibility index (Phi) is 7.80. The van der Waals surface area contributed by atoms with E-state index in [2.05, 4.69) is 0 Å². The van der Waals surface area contributed by atoms with Gasteiger partial charge in [-0.1, -0.05) is 14.9 Å². The first-order chi connectivity index (χ1) is 3.71. The van der Waals surface area contributed by atoms with Gasteiger partial charge in [0.05, 0.1) is 5.67 Å². The second kappa shape index (κ2) is 4.95. The van der Waals surface area contributed by atoms with Crippen molar-refractivity contribution in [1.29, 1.82) is 0 Å². The average Bonchev–Trinajstić information content (AvgIpc) is 1.14. The van der Waals surface area contributed by atoms with Crippen LogP contribution in [-0.4, -0.2) is 46.4 Å². The summed E-state index contributed by atoms with van der Waals surface area (Å²) in [5.41, 5.74) is -1.10. The third kappa shape index (κ3) is 17.8. The minimum Gasteiger partial charge on any atom is -0.390 e. The zero-order valence-electron chi connectivity index (χ0n) is 4.39. The molecule has 0 unspecified atom stereocenters. The second-order valence-electron chi connectivity index (χ2n) is 1.73. The Balaban J connectivity index is -0.000000320. The molecule has 8 heteroatoms. The van der Waals surface area contributed by atoms with E-state index in [1.807, 2.05) is 0 Å². The molecule has 0 saturated carbocycles. The minimum absolute atomic E-state index is 0. The maximum atomic E-state index is 8.16. The summed E-state index contributed by atoms with van der Waals surface area (Å²) in [7, 11) is -8.96. The van der Waals surface area contributed by atoms with Crippen molar-refractivity contribution in [3.05, 3.63) is 0 Å². The SMILES string of the molecule is C.C.O[Si](O)(O)C[Si](O)(O)O. The largest absolute Gasteiger partial charge is 0.497 e. The van der Waals surface area contributed by atoms with Gasteiger partial charge in [0.25, 0.3) is 0 Å². The van der Waals surface area contributed by atoms with Crippen LogP contribution in [0.5, 0.6) is 0 Å². The predicted octanol–water partition coefficient (Wildman–Crippen LogP) is -2.37. The van der Waals surface area contributed by atoms with Crippen molar-refractivity contribution in [2.24, 2.45) is 0 Å². The second-order valence-corrected chi connectivity index (χ2v) is 6.24. The molecule has 11 heavy (non-hydrogen) atoms. The van der Waals surface area contributed by atoms with Gasteiger partial charge < -0.3 is 28.8 Å². The van der Waals surface area contributed by atoms with E-state index in [1.165, 1.54) is 0 Å². The fourth-order valence-electron chi connectivity index (χ4n) is 0.318. The Labute approximate surface area is 67.7 Å². The third-order valence-corrected chi connectivity index (χ3v) is 4.27. The molecule has 0 saturated heterocycles. The third-order valence-electron chi connectivity index (χ3n) is 0.474. The lowest BCUT2D eigenvalue weighted by Gasteiger charge is -2.13. The summed E-state index contributed by atoms with van der Waals surface area (Å²) in [4.78, 5) is 48.9. The molecule has 0 aromatic carbocycles. The average molecular weight is 204 g/mol. The highest BCUT2D eigenvalue weighted by molar-refractivity contribution is 6.76. The summed E-state index contributed by atoms with van der Waals surface area (Å²) >= 11 is 0. The Hall–Kier alpha value is 0.194. The number of hydrogen-bond donors (Lipinski definition) is 6. The predicted molar refractivity (Wildman–Crippen MR) is 43.1 cm³/mol. The van der Waals surface area contributed by atoms with Crippen molar-refractivity contribution < 1.29 is 28.8 Å². The van der Waals surface area contributed by atoms with Gasteiger partial charge in [0.2, 0.25) is 0 Å². The highest BCUT2D eigenvalue weighted by Gasteiger charge is 2.42. The van der Waals surface area contributed by atoms with Gasteiger partial charge in [0, 0.05) is 0 Å². The van der Waals surface area contributed by atoms with Gasteiger partial charge in [0.15, 0.2) is 0 Å². The molecule has 0 rings (SSSR count). The van der Waals surface area contributed by atoms with Crippen LogP contribution in [0.2, 0.25) is 5.67 Å². The first-order valence-corrected chi connectivity index (χ1v) is 6.15. The molecule has 0 aliphatic carbocycles. The summed E-state index contributed by atoms with van der Waals surface area (Å²) in [6.07, 6.45) is 0. The molecule has 0 bridgehead atoms. The molecule has 0 radical (unpaired) electrons. The normalized spacial score (nSPS) is 11.5. The molecular formula is C3H16O6Si2. The molecule has 6 nitrogen and oxygen atoms in total. The van der Waals surface area contributed by atoms with E-state index in [0.717, 1.165) is 0 Å². The lowest BCUT2D eigenvalue weighted by Crippen LogP contribution is -2.48. The first-order valence-electron chi connectivity index (χ1n) is 2.05. The maximum absolute atomic E-state index is 8.16. The van der Waals surface area contributed by atoms with Crippen LogP contribution in [0.15, 0.2) is 0 Å². The molecule has 0 atom stereocenters. The minimum atomic E-state index is -4.48. The maximum Gasteiger partial charge on any atom is 0.497 e. The summed E-state index contributed by atoms with van der Waals surface area (Å²) < 4.78 is 0. The van der Waals surface area contributed by atoms with Crippen LogP contribution in [0.4, 0.5) is 0 Å². The lowest BCUT2D eigenvalue weighted by molar-refractivity contribution is 0.198. The van der Waals surface area contributed by atoms with Crippen LogP contribution in [0, 0.1) is 0 Å². The van der Waals surface area contributed by atoms with E-state index < -0.39 is 23.3 Å². The van der Waals surface area contributed by atoms with Gasteiger partial charge in [0.1, 0.15) is 0 Å². The molecule has 0 aliphatic heterocycles. The summed E-state index contributed by atoms with van der Waals surface area (Å²) in [5, 5.41) is 0. The Bertz CT molecular complexity index is 81.0. The number of rotatable bonds is 2. The van der Waals surface area contributed by atoms with Crippen LogP contribution >= 0.6 is 0 Å². The van der Waals surface area contributed by atoms with E-state index in [0.29, 0.717) is 0 Å². The van der Waals surface area contributed by atoms with Gasteiger partial charge in [-0.25, -0.2) is 0 Å². The van der Waals surface area contributed by atoms with Crippen LogP contribution in [-0.2, 0) is 0 Å². The molecular weight excluding hydrogens is 188 g/mol. The molecule has 6 N–H and O–H groups in total. The van der Waals surface area contributed by atoms with Crippen LogP contribution in [0.25, 0.3) is 0 Å². The van der Waals surface area contributed by atoms with Crippen molar-refractivity contribution in [3.8, 4) is 0 Å². The molecule has 0 aromatic heterocycles. The molecule has 0 heterocycles.